The molecule has 21 heavy (non-hydrogen) atoms. The Balaban J connectivity index is 2.45. The third-order valence-electron chi connectivity index (χ3n) is 3.12. The molecule has 0 saturated heterocycles. The lowest BCUT2D eigenvalue weighted by molar-refractivity contribution is 0.222. The van der Waals surface area contributed by atoms with Crippen LogP contribution in [0.4, 0.5) is 0 Å². The summed E-state index contributed by atoms with van der Waals surface area (Å²) in [6.45, 7) is 3.73. The summed E-state index contributed by atoms with van der Waals surface area (Å²) in [7, 11) is 4.65. The Labute approximate surface area is 128 Å². The van der Waals surface area contributed by atoms with Crippen LogP contribution in [0, 0.1) is 0 Å². The summed E-state index contributed by atoms with van der Waals surface area (Å²) in [5.74, 6) is 1.55. The second-order valence-corrected chi connectivity index (χ2v) is 5.45. The van der Waals surface area contributed by atoms with Crippen molar-refractivity contribution in [2.75, 3.05) is 21.3 Å². The van der Waals surface area contributed by atoms with Gasteiger partial charge in [-0.15, -0.1) is 11.3 Å². The third-order valence-corrected chi connectivity index (χ3v) is 4.25. The van der Waals surface area contributed by atoms with Crippen molar-refractivity contribution in [1.29, 1.82) is 0 Å². The summed E-state index contributed by atoms with van der Waals surface area (Å²) in [6, 6.07) is 7.31. The molecule has 1 atom stereocenters. The average molecular weight is 306 g/mol. The summed E-state index contributed by atoms with van der Waals surface area (Å²) in [5.41, 5.74) is 0.682. The zero-order valence-electron chi connectivity index (χ0n) is 12.3. The van der Waals surface area contributed by atoms with Gasteiger partial charge in [0.15, 0.2) is 11.5 Å². The molecule has 4 nitrogen and oxygen atoms in total. The fourth-order valence-electron chi connectivity index (χ4n) is 2.05. The number of benzene rings is 1. The van der Waals surface area contributed by atoms with Crippen molar-refractivity contribution in [3.05, 3.63) is 46.2 Å². The first-order valence-electron chi connectivity index (χ1n) is 6.34. The molecule has 0 fully saturated rings. The Morgan fingerprint density at radius 2 is 1.71 bits per heavy atom. The van der Waals surface area contributed by atoms with E-state index in [1.54, 1.807) is 39.5 Å². The zero-order valence-corrected chi connectivity index (χ0v) is 13.1. The van der Waals surface area contributed by atoms with Crippen molar-refractivity contribution in [1.82, 2.24) is 0 Å². The van der Waals surface area contributed by atoms with Gasteiger partial charge in [0.2, 0.25) is 5.75 Å². The lowest BCUT2D eigenvalue weighted by atomic mass is 10.1. The number of ether oxygens (including phenoxy) is 3. The maximum absolute atomic E-state index is 10.5. The van der Waals surface area contributed by atoms with Crippen LogP contribution in [0.2, 0.25) is 0 Å². The molecule has 0 bridgehead atoms. The molecule has 1 unspecified atom stereocenters. The molecular weight excluding hydrogens is 288 g/mol. The average Bonchev–Trinajstić information content (AvgIpc) is 3.01. The van der Waals surface area contributed by atoms with Gasteiger partial charge >= 0.3 is 0 Å². The van der Waals surface area contributed by atoms with Crippen LogP contribution in [0.5, 0.6) is 17.2 Å². The predicted molar refractivity (Wildman–Crippen MR) is 84.6 cm³/mol. The lowest BCUT2D eigenvalue weighted by Gasteiger charge is -2.16. The Hall–Kier alpha value is -1.98. The molecule has 5 heteroatoms. The highest BCUT2D eigenvalue weighted by Gasteiger charge is 2.19. The van der Waals surface area contributed by atoms with Gasteiger partial charge in [-0.2, -0.15) is 0 Å². The smallest absolute Gasteiger partial charge is 0.203 e. The van der Waals surface area contributed by atoms with Gasteiger partial charge in [0.1, 0.15) is 6.10 Å². The molecule has 0 amide bonds. The van der Waals surface area contributed by atoms with Crippen molar-refractivity contribution < 1.29 is 19.3 Å². The van der Waals surface area contributed by atoms with Crippen LogP contribution in [0.3, 0.4) is 0 Å². The monoisotopic (exact) mass is 306 g/mol. The van der Waals surface area contributed by atoms with Gasteiger partial charge in [0, 0.05) is 9.75 Å². The first kappa shape index (κ1) is 15.4. The maximum atomic E-state index is 10.5. The zero-order chi connectivity index (χ0) is 15.4. The number of hydrogen-bond donors (Lipinski definition) is 1. The van der Waals surface area contributed by atoms with Crippen LogP contribution in [-0.2, 0) is 0 Å². The van der Waals surface area contributed by atoms with E-state index in [4.69, 9.17) is 14.2 Å². The first-order chi connectivity index (χ1) is 10.1. The van der Waals surface area contributed by atoms with Crippen molar-refractivity contribution in [3.8, 4) is 17.2 Å². The minimum atomic E-state index is -0.752. The molecule has 0 saturated carbocycles. The summed E-state index contributed by atoms with van der Waals surface area (Å²) in [4.78, 5) is 1.84. The molecule has 0 radical (unpaired) electrons. The Morgan fingerprint density at radius 1 is 1.10 bits per heavy atom. The second kappa shape index (κ2) is 6.65. The predicted octanol–water partition coefficient (Wildman–Crippen LogP) is 3.50. The molecule has 0 aliphatic rings. The van der Waals surface area contributed by atoms with Gasteiger partial charge < -0.3 is 19.3 Å². The Morgan fingerprint density at radius 3 is 2.14 bits per heavy atom. The summed E-state index contributed by atoms with van der Waals surface area (Å²) >= 11 is 1.49. The van der Waals surface area contributed by atoms with Crippen LogP contribution < -0.4 is 14.2 Å². The number of methoxy groups -OCH3 is 3. The van der Waals surface area contributed by atoms with Crippen molar-refractivity contribution in [3.63, 3.8) is 0 Å². The van der Waals surface area contributed by atoms with Gasteiger partial charge in [-0.25, -0.2) is 0 Å². The van der Waals surface area contributed by atoms with Crippen LogP contribution in [0.15, 0.2) is 30.8 Å². The van der Waals surface area contributed by atoms with E-state index in [1.807, 2.05) is 12.1 Å². The molecule has 2 rings (SSSR count). The summed E-state index contributed by atoms with van der Waals surface area (Å²) in [6.07, 6.45) is 1.01. The molecule has 0 aliphatic heterocycles. The molecule has 1 heterocycles. The number of rotatable bonds is 6. The minimum absolute atomic E-state index is 0.508. The first-order valence-corrected chi connectivity index (χ1v) is 7.16. The van der Waals surface area contributed by atoms with Crippen LogP contribution in [0.25, 0.3) is 6.08 Å². The van der Waals surface area contributed by atoms with E-state index in [0.717, 1.165) is 9.75 Å². The molecule has 1 aromatic carbocycles. The SMILES string of the molecule is C=Cc1ccc(C(O)c2cc(OC)c(OC)c(OC)c2)s1. The molecule has 112 valence electrons. The fourth-order valence-corrected chi connectivity index (χ4v) is 2.92. The van der Waals surface area contributed by atoms with E-state index in [-0.39, 0.29) is 0 Å². The number of hydrogen-bond acceptors (Lipinski definition) is 5. The topological polar surface area (TPSA) is 47.9 Å². The highest BCUT2D eigenvalue weighted by Crippen LogP contribution is 2.41. The molecule has 1 N–H and O–H groups in total. The van der Waals surface area contributed by atoms with E-state index >= 15 is 0 Å². The quantitative estimate of drug-likeness (QED) is 0.887. The van der Waals surface area contributed by atoms with Crippen LogP contribution in [-0.4, -0.2) is 26.4 Å². The third kappa shape index (κ3) is 3.04. The van der Waals surface area contributed by atoms with Crippen LogP contribution in [0.1, 0.15) is 21.4 Å². The Kier molecular flexibility index (Phi) is 4.88. The van der Waals surface area contributed by atoms with E-state index in [1.165, 1.54) is 11.3 Å². The van der Waals surface area contributed by atoms with Crippen molar-refractivity contribution in [2.45, 2.75) is 6.10 Å². The van der Waals surface area contributed by atoms with Crippen molar-refractivity contribution >= 4 is 17.4 Å². The molecule has 0 spiro atoms. The van der Waals surface area contributed by atoms with Gasteiger partial charge in [-0.1, -0.05) is 12.7 Å². The summed E-state index contributed by atoms with van der Waals surface area (Å²) in [5, 5.41) is 10.5. The lowest BCUT2D eigenvalue weighted by Crippen LogP contribution is -2.01. The van der Waals surface area contributed by atoms with Gasteiger partial charge in [0.25, 0.3) is 0 Å². The highest BCUT2D eigenvalue weighted by molar-refractivity contribution is 7.13. The van der Waals surface area contributed by atoms with E-state index < -0.39 is 6.10 Å². The minimum Gasteiger partial charge on any atom is -0.493 e. The Bertz CT molecular complexity index is 608. The molecular formula is C16H18O4S. The standard InChI is InChI=1S/C16H18O4S/c1-5-11-6-7-14(21-11)15(17)10-8-12(18-2)16(20-4)13(9-10)19-3/h5-9,15,17H,1H2,2-4H3. The van der Waals surface area contributed by atoms with Gasteiger partial charge in [0.05, 0.1) is 21.3 Å². The molecule has 0 aliphatic carbocycles. The maximum Gasteiger partial charge on any atom is 0.203 e. The largest absolute Gasteiger partial charge is 0.493 e. The van der Waals surface area contributed by atoms with E-state index in [0.29, 0.717) is 22.8 Å². The van der Waals surface area contributed by atoms with Crippen molar-refractivity contribution in [2.24, 2.45) is 0 Å². The van der Waals surface area contributed by atoms with Crippen LogP contribution >= 0.6 is 11.3 Å². The number of aliphatic hydroxyl groups excluding tert-OH is 1. The molecule has 1 aromatic heterocycles. The molecule has 2 aromatic rings. The number of aliphatic hydroxyl groups is 1. The second-order valence-electron chi connectivity index (χ2n) is 4.31. The van der Waals surface area contributed by atoms with E-state index in [2.05, 4.69) is 6.58 Å². The highest BCUT2D eigenvalue weighted by atomic mass is 32.1. The van der Waals surface area contributed by atoms with Gasteiger partial charge in [-0.05, 0) is 29.8 Å². The normalized spacial score (nSPS) is 11.8. The summed E-state index contributed by atoms with van der Waals surface area (Å²) < 4.78 is 15.9. The van der Waals surface area contributed by atoms with Gasteiger partial charge in [-0.3, -0.25) is 0 Å². The van der Waals surface area contributed by atoms with E-state index in [9.17, 15) is 5.11 Å². The number of thiophene rings is 1. The fraction of sp³-hybridized carbons (Fsp3) is 0.250.